The van der Waals surface area contributed by atoms with Crippen molar-refractivity contribution in [2.45, 2.75) is 13.5 Å². The number of fused-ring (bicyclic) bond motifs is 3. The number of aryl methyl sites for hydroxylation is 1. The van der Waals surface area contributed by atoms with Gasteiger partial charge in [0, 0.05) is 27.8 Å². The molecule has 0 aliphatic heterocycles. The molecule has 6 heteroatoms. The number of hydrogen-bond donors (Lipinski definition) is 2. The average molecular weight is 375 g/mol. The molecule has 4 nitrogen and oxygen atoms in total. The third kappa shape index (κ3) is 3.36. The fourth-order valence-corrected chi connectivity index (χ4v) is 3.15. The lowest BCUT2D eigenvalue weighted by molar-refractivity contribution is 0.829. The van der Waals surface area contributed by atoms with E-state index in [0.29, 0.717) is 6.54 Å². The number of halogens is 2. The van der Waals surface area contributed by atoms with E-state index in [1.165, 1.54) is 10.8 Å². The van der Waals surface area contributed by atoms with Crippen molar-refractivity contribution in [1.29, 1.82) is 0 Å². The minimum Gasteiger partial charge on any atom is -0.399 e. The predicted molar refractivity (Wildman–Crippen MR) is 111 cm³/mol. The van der Waals surface area contributed by atoms with Gasteiger partial charge in [0.05, 0.1) is 23.3 Å². The topological polar surface area (TPSA) is 69.9 Å². The van der Waals surface area contributed by atoms with Crippen molar-refractivity contribution < 1.29 is 0 Å². The Morgan fingerprint density at radius 1 is 0.840 bits per heavy atom. The van der Waals surface area contributed by atoms with Crippen LogP contribution in [0.4, 0.5) is 11.4 Å². The van der Waals surface area contributed by atoms with Crippen molar-refractivity contribution >= 4 is 58.0 Å². The van der Waals surface area contributed by atoms with Crippen LogP contribution in [0.25, 0.3) is 21.8 Å². The van der Waals surface area contributed by atoms with E-state index < -0.39 is 0 Å². The molecule has 0 aliphatic carbocycles. The molecule has 0 saturated carbocycles. The van der Waals surface area contributed by atoms with Crippen LogP contribution in [0.1, 0.15) is 11.4 Å². The quantitative estimate of drug-likeness (QED) is 0.505. The lowest BCUT2D eigenvalue weighted by Gasteiger charge is -2.08. The van der Waals surface area contributed by atoms with E-state index in [0.717, 1.165) is 33.8 Å². The Kier molecular flexibility index (Phi) is 5.45. The third-order valence-electron chi connectivity index (χ3n) is 4.18. The Morgan fingerprint density at radius 3 is 1.92 bits per heavy atom. The molecule has 25 heavy (non-hydrogen) atoms. The van der Waals surface area contributed by atoms with Crippen LogP contribution >= 0.6 is 24.8 Å². The lowest BCUT2D eigenvalue weighted by atomic mass is 10.1. The molecule has 4 N–H and O–H groups in total. The van der Waals surface area contributed by atoms with Gasteiger partial charge in [0.15, 0.2) is 0 Å². The van der Waals surface area contributed by atoms with Gasteiger partial charge in [-0.15, -0.1) is 24.8 Å². The highest BCUT2D eigenvalue weighted by Crippen LogP contribution is 2.32. The van der Waals surface area contributed by atoms with Gasteiger partial charge in [0.25, 0.3) is 0 Å². The summed E-state index contributed by atoms with van der Waals surface area (Å²) in [5.41, 5.74) is 17.8. The van der Waals surface area contributed by atoms with Gasteiger partial charge in [-0.3, -0.25) is 4.98 Å². The number of aromatic nitrogens is 2. The molecule has 0 atom stereocenters. The molecule has 2 aromatic heterocycles. The molecule has 0 amide bonds. The molecule has 2 aromatic carbocycles. The van der Waals surface area contributed by atoms with E-state index in [1.54, 1.807) is 0 Å². The smallest absolute Gasteiger partial charge is 0.0654 e. The van der Waals surface area contributed by atoms with Crippen LogP contribution in [-0.4, -0.2) is 9.55 Å². The summed E-state index contributed by atoms with van der Waals surface area (Å²) in [5, 5.41) is 2.36. The zero-order chi connectivity index (χ0) is 16.0. The Balaban J connectivity index is 0.00000113. The van der Waals surface area contributed by atoms with Crippen LogP contribution in [0.2, 0.25) is 0 Å². The highest BCUT2D eigenvalue weighted by molar-refractivity contribution is 6.09. The highest BCUT2D eigenvalue weighted by atomic mass is 35.5. The van der Waals surface area contributed by atoms with E-state index in [4.69, 9.17) is 11.5 Å². The minimum atomic E-state index is 0. The number of nitrogens with two attached hydrogens (primary N) is 2. The van der Waals surface area contributed by atoms with Crippen LogP contribution in [-0.2, 0) is 6.54 Å². The summed E-state index contributed by atoms with van der Waals surface area (Å²) in [6, 6.07) is 18.1. The summed E-state index contributed by atoms with van der Waals surface area (Å²) in [4.78, 5) is 4.62. The number of nitrogens with zero attached hydrogens (tertiary/aromatic N) is 2. The zero-order valence-electron chi connectivity index (χ0n) is 13.8. The number of hydrogen-bond acceptors (Lipinski definition) is 3. The Hall–Kier alpha value is -2.43. The standard InChI is InChI=1S/C19H18N4.2ClH/c1-12-3-2-4-15(22-12)11-23-18-9-13(20)5-7-16(18)17-8-6-14(21)10-19(17)23;;/h2-10H,11,20-21H2,1H3;2*1H. The number of benzene rings is 2. The van der Waals surface area contributed by atoms with Gasteiger partial charge < -0.3 is 16.0 Å². The molecule has 0 unspecified atom stereocenters. The summed E-state index contributed by atoms with van der Waals surface area (Å²) in [7, 11) is 0. The molecule has 0 saturated heterocycles. The molecule has 0 aliphatic rings. The van der Waals surface area contributed by atoms with Crippen molar-refractivity contribution in [1.82, 2.24) is 9.55 Å². The molecule has 0 bridgehead atoms. The second-order valence-corrected chi connectivity index (χ2v) is 5.91. The molecule has 0 spiro atoms. The second kappa shape index (κ2) is 7.21. The minimum absolute atomic E-state index is 0. The van der Waals surface area contributed by atoms with E-state index in [9.17, 15) is 0 Å². The zero-order valence-corrected chi connectivity index (χ0v) is 15.4. The maximum absolute atomic E-state index is 6.01. The first-order chi connectivity index (χ1) is 11.1. The van der Waals surface area contributed by atoms with Crippen molar-refractivity contribution in [2.75, 3.05) is 11.5 Å². The maximum atomic E-state index is 6.01. The molecule has 0 fully saturated rings. The fraction of sp³-hybridized carbons (Fsp3) is 0.105. The summed E-state index contributed by atoms with van der Waals surface area (Å²) >= 11 is 0. The number of pyridine rings is 1. The summed E-state index contributed by atoms with van der Waals surface area (Å²) in [5.74, 6) is 0. The van der Waals surface area contributed by atoms with E-state index in [1.807, 2.05) is 49.4 Å². The molecule has 4 aromatic rings. The van der Waals surface area contributed by atoms with Gasteiger partial charge in [-0.1, -0.05) is 18.2 Å². The van der Waals surface area contributed by atoms with Crippen LogP contribution < -0.4 is 11.5 Å². The van der Waals surface area contributed by atoms with Crippen LogP contribution in [0.5, 0.6) is 0 Å². The first kappa shape index (κ1) is 18.9. The van der Waals surface area contributed by atoms with Gasteiger partial charge in [-0.05, 0) is 43.3 Å². The van der Waals surface area contributed by atoms with Gasteiger partial charge in [-0.25, -0.2) is 0 Å². The molecule has 2 heterocycles. The molecule has 4 rings (SSSR count). The van der Waals surface area contributed by atoms with Crippen LogP contribution in [0.3, 0.4) is 0 Å². The molecular formula is C19H20Cl2N4. The third-order valence-corrected chi connectivity index (χ3v) is 4.18. The number of anilines is 2. The van der Waals surface area contributed by atoms with Crippen LogP contribution in [0.15, 0.2) is 54.6 Å². The van der Waals surface area contributed by atoms with Crippen molar-refractivity contribution in [3.8, 4) is 0 Å². The monoisotopic (exact) mass is 374 g/mol. The molecule has 0 radical (unpaired) electrons. The van der Waals surface area contributed by atoms with Crippen molar-refractivity contribution in [3.63, 3.8) is 0 Å². The maximum Gasteiger partial charge on any atom is 0.0654 e. The van der Waals surface area contributed by atoms with E-state index in [2.05, 4.69) is 21.7 Å². The first-order valence-electron chi connectivity index (χ1n) is 7.61. The Labute approximate surface area is 158 Å². The lowest BCUT2D eigenvalue weighted by Crippen LogP contribution is -2.02. The fourth-order valence-electron chi connectivity index (χ4n) is 3.15. The van der Waals surface area contributed by atoms with Gasteiger partial charge >= 0.3 is 0 Å². The highest BCUT2D eigenvalue weighted by Gasteiger charge is 2.12. The normalized spacial score (nSPS) is 10.4. The average Bonchev–Trinajstić information content (AvgIpc) is 2.80. The molecule has 130 valence electrons. The van der Waals surface area contributed by atoms with E-state index >= 15 is 0 Å². The SMILES string of the molecule is Cc1cccc(Cn2c3cc(N)ccc3c3ccc(N)cc32)n1.Cl.Cl. The van der Waals surface area contributed by atoms with E-state index in [-0.39, 0.29) is 24.8 Å². The number of rotatable bonds is 2. The number of nitrogen functional groups attached to an aromatic ring is 2. The summed E-state index contributed by atoms with van der Waals surface area (Å²) < 4.78 is 2.24. The second-order valence-electron chi connectivity index (χ2n) is 5.91. The largest absolute Gasteiger partial charge is 0.399 e. The first-order valence-corrected chi connectivity index (χ1v) is 7.61. The predicted octanol–water partition coefficient (Wildman–Crippen LogP) is 4.55. The Morgan fingerprint density at radius 2 is 1.40 bits per heavy atom. The van der Waals surface area contributed by atoms with Gasteiger partial charge in [-0.2, -0.15) is 0 Å². The Bertz CT molecular complexity index is 981. The molecular weight excluding hydrogens is 355 g/mol. The van der Waals surface area contributed by atoms with Crippen LogP contribution in [0, 0.1) is 6.92 Å². The summed E-state index contributed by atoms with van der Waals surface area (Å²) in [6.07, 6.45) is 0. The summed E-state index contributed by atoms with van der Waals surface area (Å²) in [6.45, 7) is 2.69. The van der Waals surface area contributed by atoms with Crippen molar-refractivity contribution in [3.05, 3.63) is 66.0 Å². The van der Waals surface area contributed by atoms with Gasteiger partial charge in [0.2, 0.25) is 0 Å². The van der Waals surface area contributed by atoms with Crippen molar-refractivity contribution in [2.24, 2.45) is 0 Å². The van der Waals surface area contributed by atoms with Gasteiger partial charge in [0.1, 0.15) is 0 Å².